The fourth-order valence-electron chi connectivity index (χ4n) is 1.48. The van der Waals surface area contributed by atoms with Crippen LogP contribution in [0.2, 0.25) is 0 Å². The van der Waals surface area contributed by atoms with E-state index in [0.29, 0.717) is 13.2 Å². The Labute approximate surface area is 87.5 Å². The number of imidazole rings is 1. The SMILES string of the molecule is O=CCOCCn1cnc2ccccc21. The molecule has 78 valence electrons. The summed E-state index contributed by atoms with van der Waals surface area (Å²) in [6.07, 6.45) is 2.54. The number of aldehydes is 1. The van der Waals surface area contributed by atoms with Gasteiger partial charge in [-0.25, -0.2) is 4.98 Å². The molecule has 0 spiro atoms. The highest BCUT2D eigenvalue weighted by atomic mass is 16.5. The van der Waals surface area contributed by atoms with Crippen LogP contribution in [-0.2, 0) is 16.1 Å². The fraction of sp³-hybridized carbons (Fsp3) is 0.273. The maximum absolute atomic E-state index is 10.0. The van der Waals surface area contributed by atoms with E-state index < -0.39 is 0 Å². The molecule has 0 radical (unpaired) electrons. The Balaban J connectivity index is 2.05. The molecule has 0 aliphatic rings. The van der Waals surface area contributed by atoms with Gasteiger partial charge >= 0.3 is 0 Å². The molecule has 0 amide bonds. The van der Waals surface area contributed by atoms with Crippen molar-refractivity contribution in [3.05, 3.63) is 30.6 Å². The highest BCUT2D eigenvalue weighted by Crippen LogP contribution is 2.11. The van der Waals surface area contributed by atoms with Crippen LogP contribution in [0.15, 0.2) is 30.6 Å². The van der Waals surface area contributed by atoms with Gasteiger partial charge in [0, 0.05) is 6.54 Å². The Bertz CT molecular complexity index is 451. The number of carbonyl (C=O) groups is 1. The summed E-state index contributed by atoms with van der Waals surface area (Å²) in [7, 11) is 0. The number of fused-ring (bicyclic) bond motifs is 1. The number of para-hydroxylation sites is 2. The van der Waals surface area contributed by atoms with Gasteiger partial charge in [0.25, 0.3) is 0 Å². The molecule has 0 aliphatic heterocycles. The van der Waals surface area contributed by atoms with Crippen LogP contribution >= 0.6 is 0 Å². The number of benzene rings is 1. The van der Waals surface area contributed by atoms with Crippen molar-refractivity contribution in [2.24, 2.45) is 0 Å². The quantitative estimate of drug-likeness (QED) is 0.544. The summed E-state index contributed by atoms with van der Waals surface area (Å²) in [5.74, 6) is 0. The molecule has 0 aliphatic carbocycles. The molecule has 0 saturated heterocycles. The first-order valence-corrected chi connectivity index (χ1v) is 4.83. The van der Waals surface area contributed by atoms with Crippen molar-refractivity contribution in [3.63, 3.8) is 0 Å². The molecule has 0 saturated carbocycles. The maximum atomic E-state index is 10.0. The van der Waals surface area contributed by atoms with E-state index in [9.17, 15) is 4.79 Å². The summed E-state index contributed by atoms with van der Waals surface area (Å²) in [6.45, 7) is 1.40. The monoisotopic (exact) mass is 204 g/mol. The number of hydrogen-bond donors (Lipinski definition) is 0. The van der Waals surface area contributed by atoms with Gasteiger partial charge in [-0.2, -0.15) is 0 Å². The van der Waals surface area contributed by atoms with Crippen LogP contribution in [0.1, 0.15) is 0 Å². The third-order valence-electron chi connectivity index (χ3n) is 2.19. The lowest BCUT2D eigenvalue weighted by atomic mass is 10.3. The van der Waals surface area contributed by atoms with Gasteiger partial charge in [-0.1, -0.05) is 12.1 Å². The normalized spacial score (nSPS) is 10.7. The van der Waals surface area contributed by atoms with Gasteiger partial charge in [0.1, 0.15) is 12.9 Å². The van der Waals surface area contributed by atoms with E-state index in [1.807, 2.05) is 28.8 Å². The highest BCUT2D eigenvalue weighted by Gasteiger charge is 2.00. The molecule has 15 heavy (non-hydrogen) atoms. The van der Waals surface area contributed by atoms with Crippen molar-refractivity contribution >= 4 is 17.3 Å². The minimum absolute atomic E-state index is 0.159. The molecule has 0 fully saturated rings. The molecule has 4 heteroatoms. The molecule has 0 N–H and O–H groups in total. The number of aromatic nitrogens is 2. The van der Waals surface area contributed by atoms with E-state index in [2.05, 4.69) is 4.98 Å². The van der Waals surface area contributed by atoms with Gasteiger partial charge in [0.15, 0.2) is 0 Å². The van der Waals surface area contributed by atoms with Crippen molar-refractivity contribution in [1.82, 2.24) is 9.55 Å². The lowest BCUT2D eigenvalue weighted by molar-refractivity contribution is -0.111. The molecule has 0 atom stereocenters. The predicted molar refractivity (Wildman–Crippen MR) is 56.6 cm³/mol. The van der Waals surface area contributed by atoms with E-state index in [-0.39, 0.29) is 6.61 Å². The minimum Gasteiger partial charge on any atom is -0.372 e. The van der Waals surface area contributed by atoms with E-state index in [1.165, 1.54) is 0 Å². The van der Waals surface area contributed by atoms with E-state index >= 15 is 0 Å². The Morgan fingerprint density at radius 3 is 3.13 bits per heavy atom. The number of rotatable bonds is 5. The second kappa shape index (κ2) is 4.70. The molecule has 1 aromatic heterocycles. The van der Waals surface area contributed by atoms with Crippen LogP contribution < -0.4 is 0 Å². The average Bonchev–Trinajstić information content (AvgIpc) is 2.68. The van der Waals surface area contributed by atoms with Crippen molar-refractivity contribution in [2.75, 3.05) is 13.2 Å². The smallest absolute Gasteiger partial charge is 0.145 e. The van der Waals surface area contributed by atoms with Crippen LogP contribution in [0.4, 0.5) is 0 Å². The van der Waals surface area contributed by atoms with Crippen LogP contribution in [-0.4, -0.2) is 29.1 Å². The second-order valence-corrected chi connectivity index (χ2v) is 3.17. The van der Waals surface area contributed by atoms with Crippen molar-refractivity contribution < 1.29 is 9.53 Å². The first kappa shape index (κ1) is 9.86. The van der Waals surface area contributed by atoms with E-state index in [1.54, 1.807) is 6.33 Å². The molecule has 1 heterocycles. The summed E-state index contributed by atoms with van der Waals surface area (Å²) in [5.41, 5.74) is 2.07. The van der Waals surface area contributed by atoms with Gasteiger partial charge in [0.2, 0.25) is 0 Å². The average molecular weight is 204 g/mol. The zero-order valence-corrected chi connectivity index (χ0v) is 8.30. The molecule has 2 rings (SSSR count). The molecule has 2 aromatic rings. The van der Waals surface area contributed by atoms with Gasteiger partial charge in [-0.3, -0.25) is 0 Å². The maximum Gasteiger partial charge on any atom is 0.145 e. The van der Waals surface area contributed by atoms with Crippen molar-refractivity contribution in [3.8, 4) is 0 Å². The zero-order valence-electron chi connectivity index (χ0n) is 8.30. The highest BCUT2D eigenvalue weighted by molar-refractivity contribution is 5.74. The second-order valence-electron chi connectivity index (χ2n) is 3.17. The first-order chi connectivity index (χ1) is 7.42. The lowest BCUT2D eigenvalue weighted by Crippen LogP contribution is -2.06. The van der Waals surface area contributed by atoms with Crippen LogP contribution in [0.5, 0.6) is 0 Å². The minimum atomic E-state index is 0.159. The molecule has 0 bridgehead atoms. The Hall–Kier alpha value is -1.68. The van der Waals surface area contributed by atoms with E-state index in [0.717, 1.165) is 17.3 Å². The topological polar surface area (TPSA) is 44.1 Å². The summed E-state index contributed by atoms with van der Waals surface area (Å²) in [4.78, 5) is 14.3. The molecular weight excluding hydrogens is 192 g/mol. The third kappa shape index (κ3) is 2.22. The molecule has 4 nitrogen and oxygen atoms in total. The Kier molecular flexibility index (Phi) is 3.09. The predicted octanol–water partition coefficient (Wildman–Crippen LogP) is 1.25. The molecule has 1 aromatic carbocycles. The standard InChI is InChI=1S/C11H12N2O2/c14-6-8-15-7-5-13-9-12-10-3-1-2-4-11(10)13/h1-4,6,9H,5,7-8H2. The summed E-state index contributed by atoms with van der Waals surface area (Å²) < 4.78 is 7.10. The summed E-state index contributed by atoms with van der Waals surface area (Å²) >= 11 is 0. The number of ether oxygens (including phenoxy) is 1. The number of hydrogen-bond acceptors (Lipinski definition) is 3. The third-order valence-corrected chi connectivity index (χ3v) is 2.19. The van der Waals surface area contributed by atoms with Gasteiger partial charge < -0.3 is 14.1 Å². The Morgan fingerprint density at radius 2 is 2.27 bits per heavy atom. The number of carbonyl (C=O) groups excluding carboxylic acids is 1. The summed E-state index contributed by atoms with van der Waals surface area (Å²) in [5, 5.41) is 0. The zero-order chi connectivity index (χ0) is 10.5. The van der Waals surface area contributed by atoms with Gasteiger partial charge in [-0.05, 0) is 12.1 Å². The van der Waals surface area contributed by atoms with Crippen LogP contribution in [0, 0.1) is 0 Å². The van der Waals surface area contributed by atoms with Crippen molar-refractivity contribution in [2.45, 2.75) is 6.54 Å². The molecular formula is C11H12N2O2. The molecule has 0 unspecified atom stereocenters. The Morgan fingerprint density at radius 1 is 1.40 bits per heavy atom. The van der Waals surface area contributed by atoms with Crippen LogP contribution in [0.25, 0.3) is 11.0 Å². The van der Waals surface area contributed by atoms with Gasteiger partial charge in [0.05, 0.1) is 24.0 Å². The van der Waals surface area contributed by atoms with Gasteiger partial charge in [-0.15, -0.1) is 0 Å². The van der Waals surface area contributed by atoms with Crippen LogP contribution in [0.3, 0.4) is 0 Å². The number of nitrogens with zero attached hydrogens (tertiary/aromatic N) is 2. The fourth-order valence-corrected chi connectivity index (χ4v) is 1.48. The van der Waals surface area contributed by atoms with Crippen molar-refractivity contribution in [1.29, 1.82) is 0 Å². The lowest BCUT2D eigenvalue weighted by Gasteiger charge is -2.03. The largest absolute Gasteiger partial charge is 0.372 e. The summed E-state index contributed by atoms with van der Waals surface area (Å²) in [6, 6.07) is 7.93. The van der Waals surface area contributed by atoms with E-state index in [4.69, 9.17) is 4.74 Å². The first-order valence-electron chi connectivity index (χ1n) is 4.83.